The molecule has 0 unspecified atom stereocenters. The van der Waals surface area contributed by atoms with Crippen LogP contribution in [0.15, 0.2) is 30.9 Å². The van der Waals surface area contributed by atoms with Crippen LogP contribution < -0.4 is 14.8 Å². The van der Waals surface area contributed by atoms with Crippen molar-refractivity contribution < 1.29 is 9.47 Å². The molecule has 1 fully saturated rings. The van der Waals surface area contributed by atoms with E-state index in [1.807, 2.05) is 6.07 Å². The van der Waals surface area contributed by atoms with E-state index < -0.39 is 0 Å². The van der Waals surface area contributed by atoms with Crippen molar-refractivity contribution in [3.8, 4) is 11.5 Å². The topological polar surface area (TPSA) is 64.4 Å². The van der Waals surface area contributed by atoms with Crippen LogP contribution in [0, 0.1) is 0 Å². The molecule has 1 aromatic heterocycles. The third kappa shape index (κ3) is 4.05. The van der Waals surface area contributed by atoms with E-state index >= 15 is 0 Å². The molecule has 2 aromatic rings. The number of ether oxygens (including phenoxy) is 2. The van der Waals surface area contributed by atoms with Gasteiger partial charge in [0.15, 0.2) is 11.5 Å². The van der Waals surface area contributed by atoms with Gasteiger partial charge in [0, 0.05) is 25.6 Å². The quantitative estimate of drug-likeness (QED) is 0.741. The third-order valence-corrected chi connectivity index (χ3v) is 5.59. The average molecular weight is 383 g/mol. The first kappa shape index (κ1) is 19.0. The molecule has 1 N–H and O–H groups in total. The van der Waals surface area contributed by atoms with Crippen molar-refractivity contribution >= 4 is 0 Å². The number of nitrogens with zero attached hydrogens (tertiary/aromatic N) is 4. The van der Waals surface area contributed by atoms with E-state index in [1.165, 1.54) is 11.4 Å². The van der Waals surface area contributed by atoms with Crippen molar-refractivity contribution in [2.24, 2.45) is 0 Å². The first-order chi connectivity index (χ1) is 13.8. The molecule has 0 amide bonds. The minimum atomic E-state index is 0.478. The minimum absolute atomic E-state index is 0.478. The Morgan fingerprint density at radius 1 is 1.21 bits per heavy atom. The van der Waals surface area contributed by atoms with Crippen molar-refractivity contribution in [3.63, 3.8) is 0 Å². The molecule has 150 valence electrons. The van der Waals surface area contributed by atoms with E-state index in [-0.39, 0.29) is 0 Å². The summed E-state index contributed by atoms with van der Waals surface area (Å²) in [5, 5.41) is 12.2. The second-order valence-electron chi connectivity index (χ2n) is 7.44. The lowest BCUT2D eigenvalue weighted by atomic mass is 9.95. The molecule has 0 atom stereocenters. The number of likely N-dealkylation sites (tertiary alicyclic amines) is 1. The average Bonchev–Trinajstić information content (AvgIpc) is 3.17. The fourth-order valence-electron chi connectivity index (χ4n) is 4.10. The van der Waals surface area contributed by atoms with Crippen molar-refractivity contribution in [1.29, 1.82) is 0 Å². The molecule has 0 radical (unpaired) electrons. The van der Waals surface area contributed by atoms with Crippen LogP contribution in [0.3, 0.4) is 0 Å². The second kappa shape index (κ2) is 8.75. The molecule has 1 saturated heterocycles. The number of nitrogens with one attached hydrogen (secondary N) is 1. The van der Waals surface area contributed by atoms with Crippen LogP contribution in [0.1, 0.15) is 36.0 Å². The highest BCUT2D eigenvalue weighted by molar-refractivity contribution is 5.43. The Bertz CT molecular complexity index is 811. The van der Waals surface area contributed by atoms with E-state index in [4.69, 9.17) is 9.47 Å². The summed E-state index contributed by atoms with van der Waals surface area (Å²) in [6.45, 7) is 10.1. The summed E-state index contributed by atoms with van der Waals surface area (Å²) in [7, 11) is 1.68. The number of rotatable bonds is 7. The van der Waals surface area contributed by atoms with E-state index in [0.717, 1.165) is 69.4 Å². The standard InChI is InChI=1S/C21H29N5O2/c1-3-12-28-18-5-4-16(13-19(18)27-2)15-25-9-6-17(7-10-25)21-24-23-20-14-22-8-11-26(20)21/h3-5,13,17,22H,1,6-12,14-15H2,2H3. The summed E-state index contributed by atoms with van der Waals surface area (Å²) in [5.41, 5.74) is 1.24. The minimum Gasteiger partial charge on any atom is -0.493 e. The number of hydrogen-bond donors (Lipinski definition) is 1. The fraction of sp³-hybridized carbons (Fsp3) is 0.524. The molecule has 0 spiro atoms. The summed E-state index contributed by atoms with van der Waals surface area (Å²) in [6.07, 6.45) is 3.99. The molecule has 2 aliphatic heterocycles. The highest BCUT2D eigenvalue weighted by Gasteiger charge is 2.27. The van der Waals surface area contributed by atoms with Gasteiger partial charge in [0.2, 0.25) is 0 Å². The molecule has 7 nitrogen and oxygen atoms in total. The summed E-state index contributed by atoms with van der Waals surface area (Å²) < 4.78 is 13.5. The van der Waals surface area contributed by atoms with Gasteiger partial charge in [0.05, 0.1) is 13.7 Å². The SMILES string of the molecule is C=CCOc1ccc(CN2CCC(c3nnc4n3CCNC4)CC2)cc1OC. The maximum absolute atomic E-state index is 5.65. The Balaban J connectivity index is 1.35. The van der Waals surface area contributed by atoms with Crippen LogP contribution in [-0.2, 0) is 19.6 Å². The number of benzene rings is 1. The van der Waals surface area contributed by atoms with Gasteiger partial charge in [-0.3, -0.25) is 4.90 Å². The number of aromatic nitrogens is 3. The summed E-state index contributed by atoms with van der Waals surface area (Å²) >= 11 is 0. The highest BCUT2D eigenvalue weighted by atomic mass is 16.5. The molecular formula is C21H29N5O2. The zero-order chi connectivity index (χ0) is 19.3. The maximum Gasteiger partial charge on any atom is 0.161 e. The Morgan fingerprint density at radius 2 is 2.07 bits per heavy atom. The van der Waals surface area contributed by atoms with Crippen LogP contribution in [0.2, 0.25) is 0 Å². The number of methoxy groups -OCH3 is 1. The van der Waals surface area contributed by atoms with Gasteiger partial charge in [-0.2, -0.15) is 0 Å². The molecule has 2 aliphatic rings. The zero-order valence-electron chi connectivity index (χ0n) is 16.6. The largest absolute Gasteiger partial charge is 0.493 e. The van der Waals surface area contributed by atoms with Crippen LogP contribution >= 0.6 is 0 Å². The molecule has 0 aliphatic carbocycles. The van der Waals surface area contributed by atoms with Gasteiger partial charge >= 0.3 is 0 Å². The van der Waals surface area contributed by atoms with E-state index in [9.17, 15) is 0 Å². The normalized spacial score (nSPS) is 17.9. The Morgan fingerprint density at radius 3 is 2.86 bits per heavy atom. The van der Waals surface area contributed by atoms with Crippen LogP contribution in [0.25, 0.3) is 0 Å². The van der Waals surface area contributed by atoms with Gasteiger partial charge in [-0.25, -0.2) is 0 Å². The number of hydrogen-bond acceptors (Lipinski definition) is 6. The summed E-state index contributed by atoms with van der Waals surface area (Å²) in [4.78, 5) is 2.50. The molecule has 0 bridgehead atoms. The van der Waals surface area contributed by atoms with Crippen LogP contribution in [-0.4, -0.2) is 53.0 Å². The zero-order valence-corrected chi connectivity index (χ0v) is 16.6. The highest BCUT2D eigenvalue weighted by Crippen LogP contribution is 2.31. The van der Waals surface area contributed by atoms with Crippen molar-refractivity contribution in [1.82, 2.24) is 25.0 Å². The second-order valence-corrected chi connectivity index (χ2v) is 7.44. The predicted molar refractivity (Wildman–Crippen MR) is 108 cm³/mol. The van der Waals surface area contributed by atoms with E-state index in [2.05, 4.69) is 43.7 Å². The van der Waals surface area contributed by atoms with Crippen molar-refractivity contribution in [2.75, 3.05) is 33.4 Å². The fourth-order valence-corrected chi connectivity index (χ4v) is 4.10. The molecule has 7 heteroatoms. The van der Waals surface area contributed by atoms with E-state index in [0.29, 0.717) is 12.5 Å². The van der Waals surface area contributed by atoms with Gasteiger partial charge in [-0.1, -0.05) is 18.7 Å². The third-order valence-electron chi connectivity index (χ3n) is 5.59. The van der Waals surface area contributed by atoms with Gasteiger partial charge in [0.25, 0.3) is 0 Å². The smallest absolute Gasteiger partial charge is 0.161 e. The van der Waals surface area contributed by atoms with Crippen LogP contribution in [0.5, 0.6) is 11.5 Å². The lowest BCUT2D eigenvalue weighted by Gasteiger charge is -2.32. The summed E-state index contributed by atoms with van der Waals surface area (Å²) in [6, 6.07) is 6.18. The van der Waals surface area contributed by atoms with Gasteiger partial charge in [-0.05, 0) is 43.6 Å². The van der Waals surface area contributed by atoms with Crippen LogP contribution in [0.4, 0.5) is 0 Å². The Labute approximate surface area is 166 Å². The summed E-state index contributed by atoms with van der Waals surface area (Å²) in [5.74, 6) is 4.31. The predicted octanol–water partition coefficient (Wildman–Crippen LogP) is 2.33. The molecule has 4 rings (SSSR count). The first-order valence-corrected chi connectivity index (χ1v) is 10.0. The van der Waals surface area contributed by atoms with Gasteiger partial charge < -0.3 is 19.4 Å². The number of fused-ring (bicyclic) bond motifs is 1. The van der Waals surface area contributed by atoms with Gasteiger partial charge in [0.1, 0.15) is 18.3 Å². The Hall–Kier alpha value is -2.38. The van der Waals surface area contributed by atoms with Crippen molar-refractivity contribution in [3.05, 3.63) is 48.1 Å². The lowest BCUT2D eigenvalue weighted by molar-refractivity contribution is 0.199. The van der Waals surface area contributed by atoms with E-state index in [1.54, 1.807) is 13.2 Å². The van der Waals surface area contributed by atoms with Gasteiger partial charge in [-0.15, -0.1) is 10.2 Å². The monoisotopic (exact) mass is 383 g/mol. The number of piperidine rings is 1. The molecule has 0 saturated carbocycles. The molecule has 1 aromatic carbocycles. The molecule has 3 heterocycles. The lowest BCUT2D eigenvalue weighted by Crippen LogP contribution is -2.34. The maximum atomic E-state index is 5.65. The molecular weight excluding hydrogens is 354 g/mol. The first-order valence-electron chi connectivity index (χ1n) is 10.0. The van der Waals surface area contributed by atoms with Crippen molar-refractivity contribution in [2.45, 2.75) is 38.4 Å². The Kier molecular flexibility index (Phi) is 5.92. The molecule has 28 heavy (non-hydrogen) atoms.